The lowest BCUT2D eigenvalue weighted by Crippen LogP contribution is -2.44. The molecule has 1 amide bonds. The fourth-order valence-electron chi connectivity index (χ4n) is 4.62. The summed E-state index contributed by atoms with van der Waals surface area (Å²) >= 11 is 0. The minimum Gasteiger partial charge on any atom is -0.486 e. The first-order valence-corrected chi connectivity index (χ1v) is 11.0. The van der Waals surface area contributed by atoms with Crippen molar-refractivity contribution in [2.24, 2.45) is 11.8 Å². The van der Waals surface area contributed by atoms with Gasteiger partial charge in [-0.05, 0) is 56.3 Å². The predicted octanol–water partition coefficient (Wildman–Crippen LogP) is 3.28. The lowest BCUT2D eigenvalue weighted by Gasteiger charge is -2.36. The monoisotopic (exact) mass is 413 g/mol. The number of ether oxygens (including phenoxy) is 3. The lowest BCUT2D eigenvalue weighted by atomic mass is 9.92. The molecule has 2 atom stereocenters. The summed E-state index contributed by atoms with van der Waals surface area (Å²) in [5.41, 5.74) is 0.584. The lowest BCUT2D eigenvalue weighted by molar-refractivity contribution is 0.0464. The van der Waals surface area contributed by atoms with Crippen molar-refractivity contribution in [1.82, 2.24) is 9.80 Å². The van der Waals surface area contributed by atoms with Crippen LogP contribution in [0.15, 0.2) is 18.2 Å². The number of amides is 1. The highest BCUT2D eigenvalue weighted by Crippen LogP contribution is 2.33. The number of rotatable bonds is 6. The Morgan fingerprint density at radius 3 is 2.70 bits per heavy atom. The van der Waals surface area contributed by atoms with Crippen LogP contribution in [0.3, 0.4) is 0 Å². The van der Waals surface area contributed by atoms with Crippen LogP contribution in [0.25, 0.3) is 0 Å². The first-order valence-electron chi connectivity index (χ1n) is 11.0. The van der Waals surface area contributed by atoms with Gasteiger partial charge in [-0.2, -0.15) is 5.26 Å². The Kier molecular flexibility index (Phi) is 6.33. The van der Waals surface area contributed by atoms with Crippen molar-refractivity contribution in [2.75, 3.05) is 39.4 Å². The zero-order chi connectivity index (χ0) is 21.1. The van der Waals surface area contributed by atoms with Crippen molar-refractivity contribution in [3.05, 3.63) is 23.8 Å². The molecule has 0 radical (unpaired) electrons. The maximum absolute atomic E-state index is 12.0. The van der Waals surface area contributed by atoms with E-state index in [2.05, 4.69) is 24.8 Å². The Bertz CT molecular complexity index is 798. The van der Waals surface area contributed by atoms with Gasteiger partial charge in [0.15, 0.2) is 11.5 Å². The van der Waals surface area contributed by atoms with Gasteiger partial charge >= 0.3 is 6.09 Å². The minimum absolute atomic E-state index is 0.0193. The molecule has 7 heteroatoms. The number of hydrogen-bond acceptors (Lipinski definition) is 6. The Labute approximate surface area is 178 Å². The summed E-state index contributed by atoms with van der Waals surface area (Å²) in [4.78, 5) is 16.4. The molecule has 3 aliphatic rings. The van der Waals surface area contributed by atoms with Crippen LogP contribution in [-0.2, 0) is 4.74 Å². The third kappa shape index (κ3) is 4.65. The van der Waals surface area contributed by atoms with E-state index in [0.717, 1.165) is 45.4 Å². The summed E-state index contributed by atoms with van der Waals surface area (Å²) in [6.45, 7) is 9.05. The molecular formula is C23H31N3O4. The van der Waals surface area contributed by atoms with Crippen molar-refractivity contribution < 1.29 is 19.0 Å². The fourth-order valence-corrected chi connectivity index (χ4v) is 4.62. The number of nitriles is 1. The molecule has 0 saturated carbocycles. The molecule has 1 aromatic carbocycles. The van der Waals surface area contributed by atoms with Gasteiger partial charge in [0, 0.05) is 19.2 Å². The molecule has 0 N–H and O–H groups in total. The number of cyclic esters (lactones) is 1. The largest absolute Gasteiger partial charge is 0.486 e. The van der Waals surface area contributed by atoms with Crippen LogP contribution >= 0.6 is 0 Å². The van der Waals surface area contributed by atoms with Gasteiger partial charge in [0.2, 0.25) is 0 Å². The van der Waals surface area contributed by atoms with Crippen LogP contribution < -0.4 is 9.47 Å². The van der Waals surface area contributed by atoms with Gasteiger partial charge in [0.05, 0.1) is 17.7 Å². The normalized spacial score (nSPS) is 24.7. The molecule has 2 saturated heterocycles. The molecule has 2 fully saturated rings. The summed E-state index contributed by atoms with van der Waals surface area (Å²) in [6.07, 6.45) is 3.14. The molecule has 0 aromatic heterocycles. The van der Waals surface area contributed by atoms with Crippen LogP contribution in [0, 0.1) is 23.2 Å². The van der Waals surface area contributed by atoms with Crippen LogP contribution in [0.5, 0.6) is 11.5 Å². The van der Waals surface area contributed by atoms with Crippen LogP contribution in [0.1, 0.15) is 38.7 Å². The summed E-state index contributed by atoms with van der Waals surface area (Å²) in [7, 11) is 0. The van der Waals surface area contributed by atoms with Gasteiger partial charge in [-0.1, -0.05) is 13.8 Å². The molecule has 1 aromatic rings. The van der Waals surface area contributed by atoms with E-state index < -0.39 is 0 Å². The highest BCUT2D eigenvalue weighted by atomic mass is 16.6. The number of fused-ring (bicyclic) bond motifs is 1. The third-order valence-corrected chi connectivity index (χ3v) is 6.52. The van der Waals surface area contributed by atoms with Gasteiger partial charge in [-0.25, -0.2) is 4.79 Å². The summed E-state index contributed by atoms with van der Waals surface area (Å²) < 4.78 is 17.2. The van der Waals surface area contributed by atoms with Crippen LogP contribution in [0.4, 0.5) is 4.79 Å². The van der Waals surface area contributed by atoms with E-state index in [1.807, 2.05) is 4.90 Å². The van der Waals surface area contributed by atoms with Crippen LogP contribution in [-0.4, -0.2) is 67.4 Å². The molecular weight excluding hydrogens is 382 g/mol. The number of nitrogens with zero attached hydrogens (tertiary/aromatic N) is 3. The molecule has 4 rings (SSSR count). The molecule has 162 valence electrons. The van der Waals surface area contributed by atoms with Crippen molar-refractivity contribution in [1.29, 1.82) is 5.26 Å². The fraction of sp³-hybridized carbons (Fsp3) is 0.652. The smallest absolute Gasteiger partial charge is 0.410 e. The molecule has 3 heterocycles. The Balaban J connectivity index is 1.22. The van der Waals surface area contributed by atoms with Crippen molar-refractivity contribution in [3.8, 4) is 17.6 Å². The Morgan fingerprint density at radius 2 is 1.97 bits per heavy atom. The van der Waals surface area contributed by atoms with E-state index in [0.29, 0.717) is 42.1 Å². The number of carbonyl (C=O) groups is 1. The van der Waals surface area contributed by atoms with Crippen molar-refractivity contribution in [3.63, 3.8) is 0 Å². The Morgan fingerprint density at radius 1 is 1.17 bits per heavy atom. The highest BCUT2D eigenvalue weighted by Gasteiger charge is 2.35. The maximum Gasteiger partial charge on any atom is 0.410 e. The quantitative estimate of drug-likeness (QED) is 0.713. The molecule has 30 heavy (non-hydrogen) atoms. The summed E-state index contributed by atoms with van der Waals surface area (Å²) in [5.74, 6) is 2.44. The molecule has 2 unspecified atom stereocenters. The van der Waals surface area contributed by atoms with Crippen molar-refractivity contribution in [2.45, 2.75) is 45.3 Å². The predicted molar refractivity (Wildman–Crippen MR) is 112 cm³/mol. The van der Waals surface area contributed by atoms with E-state index in [1.54, 1.807) is 18.2 Å². The zero-order valence-corrected chi connectivity index (χ0v) is 17.9. The topological polar surface area (TPSA) is 75.0 Å². The highest BCUT2D eigenvalue weighted by molar-refractivity contribution is 5.70. The summed E-state index contributed by atoms with van der Waals surface area (Å²) in [5, 5.41) is 9.08. The number of likely N-dealkylation sites (tertiary alicyclic amines) is 1. The van der Waals surface area contributed by atoms with Gasteiger partial charge in [-0.3, -0.25) is 4.90 Å². The second-order valence-corrected chi connectivity index (χ2v) is 8.94. The number of piperidine rings is 1. The first kappa shape index (κ1) is 20.8. The number of carbonyl (C=O) groups excluding carboxylic acids is 1. The van der Waals surface area contributed by atoms with Crippen LogP contribution in [0.2, 0.25) is 0 Å². The third-order valence-electron chi connectivity index (χ3n) is 6.52. The average molecular weight is 414 g/mol. The number of benzene rings is 1. The second kappa shape index (κ2) is 9.13. The molecule has 0 spiro atoms. The second-order valence-electron chi connectivity index (χ2n) is 8.94. The van der Waals surface area contributed by atoms with E-state index in [-0.39, 0.29) is 18.2 Å². The van der Waals surface area contributed by atoms with Gasteiger partial charge < -0.3 is 19.1 Å². The molecule has 0 bridgehead atoms. The first-order chi connectivity index (χ1) is 14.5. The minimum atomic E-state index is -0.152. The van der Waals surface area contributed by atoms with Gasteiger partial charge in [0.25, 0.3) is 0 Å². The molecule has 3 aliphatic heterocycles. The average Bonchev–Trinajstić information content (AvgIpc) is 3.13. The van der Waals surface area contributed by atoms with E-state index in [9.17, 15) is 4.79 Å². The van der Waals surface area contributed by atoms with Gasteiger partial charge in [0.1, 0.15) is 19.3 Å². The Hall–Kier alpha value is -2.46. The van der Waals surface area contributed by atoms with Gasteiger partial charge in [-0.15, -0.1) is 0 Å². The van der Waals surface area contributed by atoms with Crippen molar-refractivity contribution >= 4 is 6.09 Å². The summed E-state index contributed by atoms with van der Waals surface area (Å²) in [6, 6.07) is 7.66. The van der Waals surface area contributed by atoms with E-state index in [4.69, 9.17) is 19.5 Å². The van der Waals surface area contributed by atoms with E-state index in [1.165, 1.54) is 0 Å². The standard InChI is InChI=1S/C23H31N3O4/c1-16(2)20-15-29-23(27)26(20)10-7-17-5-8-25(9-6-17)13-19-14-28-21-4-3-18(12-24)11-22(21)30-19/h3-4,11,16-17,19-20H,5-10,13-15H2,1-2H3. The van der Waals surface area contributed by atoms with E-state index >= 15 is 0 Å². The molecule has 7 nitrogen and oxygen atoms in total. The SMILES string of the molecule is CC(C)C1COC(=O)N1CCC1CCN(CC2COc3ccc(C#N)cc3O2)CC1. The number of hydrogen-bond donors (Lipinski definition) is 0. The molecule has 0 aliphatic carbocycles. The maximum atomic E-state index is 12.0. The zero-order valence-electron chi connectivity index (χ0n) is 17.9.